The smallest absolute Gasteiger partial charge is 0.303 e. The number of rotatable bonds is 11. The summed E-state index contributed by atoms with van der Waals surface area (Å²) in [5.74, 6) is -0.344. The first kappa shape index (κ1) is 23.6. The number of carboxylic acid groups (broad SMARTS) is 1. The van der Waals surface area contributed by atoms with Gasteiger partial charge < -0.3 is 15.3 Å². The van der Waals surface area contributed by atoms with Crippen molar-refractivity contribution in [3.63, 3.8) is 0 Å². The number of aryl methyl sites for hydroxylation is 1. The first-order chi connectivity index (χ1) is 13.4. The van der Waals surface area contributed by atoms with Crippen LogP contribution in [0.15, 0.2) is 34.8 Å². The number of hydrogen-bond donors (Lipinski definition) is 3. The molecule has 0 saturated heterocycles. The molecule has 1 fully saturated rings. The van der Waals surface area contributed by atoms with Crippen molar-refractivity contribution in [1.29, 1.82) is 0 Å². The summed E-state index contributed by atoms with van der Waals surface area (Å²) in [5.41, 5.74) is 0. The van der Waals surface area contributed by atoms with Crippen LogP contribution in [0.25, 0.3) is 0 Å². The second-order valence-corrected chi connectivity index (χ2v) is 9.88. The summed E-state index contributed by atoms with van der Waals surface area (Å²) in [6, 6.07) is 2.00. The van der Waals surface area contributed by atoms with Crippen LogP contribution >= 0.6 is 38.9 Å². The molecule has 1 aliphatic carbocycles. The minimum absolute atomic E-state index is 0.159. The predicted molar refractivity (Wildman–Crippen MR) is 118 cm³/mol. The molecule has 0 amide bonds. The van der Waals surface area contributed by atoms with E-state index in [4.69, 9.17) is 16.7 Å². The van der Waals surface area contributed by atoms with E-state index in [0.717, 1.165) is 45.8 Å². The minimum Gasteiger partial charge on any atom is -0.481 e. The van der Waals surface area contributed by atoms with Crippen LogP contribution in [0.2, 0.25) is 4.34 Å². The molecule has 28 heavy (non-hydrogen) atoms. The van der Waals surface area contributed by atoms with Crippen molar-refractivity contribution < 1.29 is 20.1 Å². The second-order valence-electron chi connectivity index (χ2n) is 7.29. The van der Waals surface area contributed by atoms with Gasteiger partial charge >= 0.3 is 5.97 Å². The van der Waals surface area contributed by atoms with E-state index in [1.54, 1.807) is 0 Å². The molecular formula is C21H28BrClO4S. The minimum atomic E-state index is -0.766. The standard InChI is InChI=1S/C21H28BrClO4S/c22-18-13-16(28-21(18)23)11-10-15(24)9-7-14-8-12-19(25)17(14)5-3-1-2-4-6-20(26)27/h1,3,7,9,13-15,17,19,24-25H,2,4-6,8,10-12H2,(H,26,27)/t14-,15+,17+,19?/m0/s1. The van der Waals surface area contributed by atoms with Crippen molar-refractivity contribution in [2.75, 3.05) is 0 Å². The van der Waals surface area contributed by atoms with Crippen LogP contribution in [0, 0.1) is 11.8 Å². The number of aliphatic carboxylic acids is 1. The Balaban J connectivity index is 1.76. The molecule has 1 aromatic heterocycles. The summed E-state index contributed by atoms with van der Waals surface area (Å²) >= 11 is 11.0. The summed E-state index contributed by atoms with van der Waals surface area (Å²) in [4.78, 5) is 11.6. The van der Waals surface area contributed by atoms with Crippen LogP contribution in [0.5, 0.6) is 0 Å². The van der Waals surface area contributed by atoms with Gasteiger partial charge in [0.25, 0.3) is 0 Å². The monoisotopic (exact) mass is 490 g/mol. The van der Waals surface area contributed by atoms with Crippen LogP contribution in [-0.4, -0.2) is 33.5 Å². The third-order valence-electron chi connectivity index (χ3n) is 5.14. The molecule has 0 spiro atoms. The van der Waals surface area contributed by atoms with Crippen LogP contribution in [-0.2, 0) is 11.2 Å². The van der Waals surface area contributed by atoms with Gasteiger partial charge in [0.15, 0.2) is 0 Å². The van der Waals surface area contributed by atoms with Gasteiger partial charge in [0.1, 0.15) is 4.34 Å². The van der Waals surface area contributed by atoms with E-state index < -0.39 is 12.1 Å². The molecule has 4 nitrogen and oxygen atoms in total. The van der Waals surface area contributed by atoms with E-state index in [1.165, 1.54) is 11.3 Å². The van der Waals surface area contributed by atoms with Crippen LogP contribution in [0.3, 0.4) is 0 Å². The average molecular weight is 492 g/mol. The summed E-state index contributed by atoms with van der Waals surface area (Å²) in [6.45, 7) is 0. The zero-order chi connectivity index (χ0) is 20.5. The molecule has 7 heteroatoms. The van der Waals surface area contributed by atoms with E-state index in [-0.39, 0.29) is 24.4 Å². The van der Waals surface area contributed by atoms with Gasteiger partial charge in [0.05, 0.1) is 12.2 Å². The number of carboxylic acids is 1. The molecule has 0 bridgehead atoms. The van der Waals surface area contributed by atoms with E-state index in [2.05, 4.69) is 28.1 Å². The molecule has 4 atom stereocenters. The number of aliphatic hydroxyl groups is 2. The Kier molecular flexibility index (Phi) is 10.2. The highest BCUT2D eigenvalue weighted by Gasteiger charge is 2.32. The molecule has 2 rings (SSSR count). The molecule has 1 aliphatic rings. The topological polar surface area (TPSA) is 77.8 Å². The third-order valence-corrected chi connectivity index (χ3v) is 7.67. The van der Waals surface area contributed by atoms with Gasteiger partial charge in [0, 0.05) is 15.8 Å². The van der Waals surface area contributed by atoms with E-state index in [9.17, 15) is 15.0 Å². The lowest BCUT2D eigenvalue weighted by Gasteiger charge is -2.18. The Morgan fingerprint density at radius 2 is 2.18 bits per heavy atom. The number of aliphatic hydroxyl groups excluding tert-OH is 2. The van der Waals surface area contributed by atoms with Crippen molar-refractivity contribution in [3.05, 3.63) is 44.1 Å². The van der Waals surface area contributed by atoms with Gasteiger partial charge in [-0.15, -0.1) is 11.3 Å². The van der Waals surface area contributed by atoms with Gasteiger partial charge in [-0.2, -0.15) is 0 Å². The lowest BCUT2D eigenvalue weighted by molar-refractivity contribution is -0.137. The van der Waals surface area contributed by atoms with Gasteiger partial charge in [-0.05, 0) is 78.8 Å². The molecule has 0 aliphatic heterocycles. The predicted octanol–water partition coefficient (Wildman–Crippen LogP) is 5.60. The van der Waals surface area contributed by atoms with Gasteiger partial charge in [-0.1, -0.05) is 35.9 Å². The zero-order valence-electron chi connectivity index (χ0n) is 15.8. The van der Waals surface area contributed by atoms with Gasteiger partial charge in [0.2, 0.25) is 0 Å². The van der Waals surface area contributed by atoms with Crippen LogP contribution < -0.4 is 0 Å². The average Bonchev–Trinajstić information content (AvgIpc) is 3.16. The lowest BCUT2D eigenvalue weighted by Crippen LogP contribution is -2.17. The Morgan fingerprint density at radius 1 is 1.39 bits per heavy atom. The molecule has 156 valence electrons. The van der Waals surface area contributed by atoms with Crippen molar-refractivity contribution in [3.8, 4) is 0 Å². The maximum absolute atomic E-state index is 10.5. The first-order valence-corrected chi connectivity index (χ1v) is 11.7. The van der Waals surface area contributed by atoms with Crippen molar-refractivity contribution in [1.82, 2.24) is 0 Å². The maximum atomic E-state index is 10.5. The largest absolute Gasteiger partial charge is 0.481 e. The van der Waals surface area contributed by atoms with Crippen LogP contribution in [0.1, 0.15) is 49.8 Å². The maximum Gasteiger partial charge on any atom is 0.303 e. The number of unbranched alkanes of at least 4 members (excludes halogenated alkanes) is 1. The Labute approximate surface area is 184 Å². The quantitative estimate of drug-likeness (QED) is 0.278. The zero-order valence-corrected chi connectivity index (χ0v) is 18.9. The second kappa shape index (κ2) is 12.1. The summed E-state index contributed by atoms with van der Waals surface area (Å²) in [6.07, 6.45) is 12.6. The number of carbonyl (C=O) groups is 1. The summed E-state index contributed by atoms with van der Waals surface area (Å²) in [5, 5.41) is 29.2. The highest BCUT2D eigenvalue weighted by atomic mass is 79.9. The Bertz CT molecular complexity index is 668. The fraction of sp³-hybridized carbons (Fsp3) is 0.571. The fourth-order valence-corrected chi connectivity index (χ4v) is 5.37. The van der Waals surface area contributed by atoms with Gasteiger partial charge in [-0.3, -0.25) is 4.79 Å². The van der Waals surface area contributed by atoms with Gasteiger partial charge in [-0.25, -0.2) is 0 Å². The molecule has 1 unspecified atom stereocenters. The molecule has 1 aromatic rings. The fourth-order valence-electron chi connectivity index (χ4n) is 3.56. The summed E-state index contributed by atoms with van der Waals surface area (Å²) in [7, 11) is 0. The third kappa shape index (κ3) is 7.99. The molecule has 1 heterocycles. The molecular weight excluding hydrogens is 464 g/mol. The molecule has 0 aromatic carbocycles. The van der Waals surface area contributed by atoms with E-state index in [1.807, 2.05) is 18.2 Å². The van der Waals surface area contributed by atoms with Crippen LogP contribution in [0.4, 0.5) is 0 Å². The van der Waals surface area contributed by atoms with Crippen molar-refractivity contribution >= 4 is 44.8 Å². The molecule has 3 N–H and O–H groups in total. The Hall–Kier alpha value is -0.660. The highest BCUT2D eigenvalue weighted by Crippen LogP contribution is 2.36. The molecule has 0 radical (unpaired) electrons. The number of hydrogen-bond acceptors (Lipinski definition) is 4. The van der Waals surface area contributed by atoms with Crippen molar-refractivity contribution in [2.24, 2.45) is 11.8 Å². The number of halogens is 2. The van der Waals surface area contributed by atoms with Crippen molar-refractivity contribution in [2.45, 2.75) is 63.6 Å². The van der Waals surface area contributed by atoms with E-state index >= 15 is 0 Å². The highest BCUT2D eigenvalue weighted by molar-refractivity contribution is 9.10. The normalized spacial score (nSPS) is 23.8. The number of allylic oxidation sites excluding steroid dienone is 3. The number of thiophene rings is 1. The Morgan fingerprint density at radius 3 is 2.86 bits per heavy atom. The summed E-state index contributed by atoms with van der Waals surface area (Å²) < 4.78 is 1.64. The molecule has 1 saturated carbocycles. The lowest BCUT2D eigenvalue weighted by atomic mass is 9.90. The first-order valence-electron chi connectivity index (χ1n) is 9.71. The van der Waals surface area contributed by atoms with E-state index in [0.29, 0.717) is 12.8 Å². The SMILES string of the molecule is O=C(O)CCCC=CC[C@H]1C(O)CC[C@@H]1C=C[C@@H](O)CCc1cc(Br)c(Cl)s1.